The van der Waals surface area contributed by atoms with Gasteiger partial charge in [0.05, 0.1) is 0 Å². The van der Waals surface area contributed by atoms with E-state index in [4.69, 9.17) is 5.84 Å². The maximum Gasteiger partial charge on any atom is 0.125 e. The second-order valence-electron chi connectivity index (χ2n) is 1.47. The van der Waals surface area contributed by atoms with E-state index in [2.05, 4.69) is 11.7 Å². The van der Waals surface area contributed by atoms with Crippen LogP contribution in [0.2, 0.25) is 0 Å². The summed E-state index contributed by atoms with van der Waals surface area (Å²) < 4.78 is 0. The van der Waals surface area contributed by atoms with Crippen molar-refractivity contribution in [1.82, 2.24) is 4.90 Å². The smallest absolute Gasteiger partial charge is 0.125 e. The Morgan fingerprint density at radius 3 is 2.50 bits per heavy atom. The molecule has 46 valence electrons. The molecule has 0 rings (SSSR count). The molecule has 0 aromatic rings. The zero-order chi connectivity index (χ0) is 6.57. The van der Waals surface area contributed by atoms with Crippen molar-refractivity contribution in [3.8, 4) is 0 Å². The van der Waals surface area contributed by atoms with E-state index in [0.29, 0.717) is 0 Å². The summed E-state index contributed by atoms with van der Waals surface area (Å²) in [5, 5.41) is 3.43. The van der Waals surface area contributed by atoms with Crippen LogP contribution in [0.5, 0.6) is 0 Å². The molecule has 0 unspecified atom stereocenters. The normalized spacial score (nSPS) is 11.0. The first-order chi connectivity index (χ1) is 3.72. The summed E-state index contributed by atoms with van der Waals surface area (Å²) in [7, 11) is 1.83. The van der Waals surface area contributed by atoms with E-state index in [1.807, 2.05) is 14.0 Å². The molecule has 0 aliphatic heterocycles. The minimum absolute atomic E-state index is 0.750. The number of amidine groups is 1. The number of hydrogen-bond donors (Lipinski definition) is 1. The van der Waals surface area contributed by atoms with Gasteiger partial charge >= 0.3 is 0 Å². The van der Waals surface area contributed by atoms with Gasteiger partial charge in [0.25, 0.3) is 0 Å². The average molecular weight is 113 g/mol. The highest BCUT2D eigenvalue weighted by atomic mass is 15.2. The Balaban J connectivity index is 3.81. The highest BCUT2D eigenvalue weighted by Gasteiger charge is 1.89. The van der Waals surface area contributed by atoms with Crippen molar-refractivity contribution in [3.63, 3.8) is 0 Å². The molecule has 0 amide bonds. The summed E-state index contributed by atoms with van der Waals surface area (Å²) >= 11 is 0. The molecule has 0 heterocycles. The Morgan fingerprint density at radius 2 is 2.38 bits per heavy atom. The van der Waals surface area contributed by atoms with Gasteiger partial charge < -0.3 is 10.7 Å². The molecule has 0 spiro atoms. The maximum atomic E-state index is 4.95. The standard InChI is InChI=1S/C5H11N3/c1-4-8(3)5(2)7-6/h4H,1,6H2,2-3H3/b7-5-. The van der Waals surface area contributed by atoms with Gasteiger partial charge in [-0.25, -0.2) is 0 Å². The molecule has 0 aromatic carbocycles. The first-order valence-corrected chi connectivity index (χ1v) is 2.32. The SMILES string of the molecule is C=CN(C)/C(C)=N\N. The summed E-state index contributed by atoms with van der Waals surface area (Å²) in [5.41, 5.74) is 0. The van der Waals surface area contributed by atoms with Crippen LogP contribution in [0.4, 0.5) is 0 Å². The van der Waals surface area contributed by atoms with Gasteiger partial charge in [0.2, 0.25) is 0 Å². The first-order valence-electron chi connectivity index (χ1n) is 2.32. The van der Waals surface area contributed by atoms with Crippen LogP contribution >= 0.6 is 0 Å². The summed E-state index contributed by atoms with van der Waals surface area (Å²) in [6.07, 6.45) is 1.64. The molecular weight excluding hydrogens is 102 g/mol. The van der Waals surface area contributed by atoms with Crippen LogP contribution in [0.1, 0.15) is 6.92 Å². The number of hydrazone groups is 1. The lowest BCUT2D eigenvalue weighted by atomic mass is 10.6. The topological polar surface area (TPSA) is 41.6 Å². The number of rotatable bonds is 1. The fraction of sp³-hybridized carbons (Fsp3) is 0.400. The molecule has 0 bridgehead atoms. The van der Waals surface area contributed by atoms with E-state index < -0.39 is 0 Å². The Hall–Kier alpha value is -0.990. The van der Waals surface area contributed by atoms with Gasteiger partial charge in [0.1, 0.15) is 5.84 Å². The summed E-state index contributed by atoms with van der Waals surface area (Å²) in [4.78, 5) is 1.74. The van der Waals surface area contributed by atoms with E-state index in [0.717, 1.165) is 5.84 Å². The summed E-state index contributed by atoms with van der Waals surface area (Å²) in [6, 6.07) is 0. The van der Waals surface area contributed by atoms with Crippen molar-refractivity contribution in [2.45, 2.75) is 6.92 Å². The second-order valence-corrected chi connectivity index (χ2v) is 1.47. The van der Waals surface area contributed by atoms with Gasteiger partial charge in [-0.05, 0) is 13.1 Å². The van der Waals surface area contributed by atoms with Crippen LogP contribution in [-0.4, -0.2) is 17.8 Å². The van der Waals surface area contributed by atoms with E-state index in [1.165, 1.54) is 0 Å². The molecule has 3 nitrogen and oxygen atoms in total. The number of nitrogens with two attached hydrogens (primary N) is 1. The highest BCUT2D eigenvalue weighted by Crippen LogP contribution is 1.82. The summed E-state index contributed by atoms with van der Waals surface area (Å²) in [5.74, 6) is 5.70. The van der Waals surface area contributed by atoms with Crippen LogP contribution in [0, 0.1) is 0 Å². The van der Waals surface area contributed by atoms with Crippen molar-refractivity contribution in [1.29, 1.82) is 0 Å². The molecule has 0 aliphatic carbocycles. The predicted octanol–water partition coefficient (Wildman–Crippen LogP) is 0.354. The minimum atomic E-state index is 0.750. The van der Waals surface area contributed by atoms with E-state index in [9.17, 15) is 0 Å². The third kappa shape index (κ3) is 1.64. The van der Waals surface area contributed by atoms with Crippen molar-refractivity contribution in [3.05, 3.63) is 12.8 Å². The quantitative estimate of drug-likeness (QED) is 0.231. The van der Waals surface area contributed by atoms with Crippen LogP contribution in [0.15, 0.2) is 17.9 Å². The van der Waals surface area contributed by atoms with Gasteiger partial charge in [-0.3, -0.25) is 0 Å². The Morgan fingerprint density at radius 1 is 1.88 bits per heavy atom. The molecule has 0 saturated carbocycles. The lowest BCUT2D eigenvalue weighted by Crippen LogP contribution is -2.18. The number of hydrogen-bond acceptors (Lipinski definition) is 2. The highest BCUT2D eigenvalue weighted by molar-refractivity contribution is 5.79. The van der Waals surface area contributed by atoms with Crippen molar-refractivity contribution in [2.75, 3.05) is 7.05 Å². The van der Waals surface area contributed by atoms with Gasteiger partial charge in [-0.15, -0.1) is 0 Å². The molecule has 0 aliphatic rings. The molecule has 8 heavy (non-hydrogen) atoms. The van der Waals surface area contributed by atoms with E-state index in [-0.39, 0.29) is 0 Å². The zero-order valence-corrected chi connectivity index (χ0v) is 5.26. The fourth-order valence-corrected chi connectivity index (χ4v) is 0.223. The van der Waals surface area contributed by atoms with Crippen LogP contribution in [-0.2, 0) is 0 Å². The third-order valence-electron chi connectivity index (χ3n) is 0.971. The largest absolute Gasteiger partial charge is 0.339 e. The maximum absolute atomic E-state index is 4.95. The fourth-order valence-electron chi connectivity index (χ4n) is 0.223. The first kappa shape index (κ1) is 7.01. The van der Waals surface area contributed by atoms with Gasteiger partial charge in [0.15, 0.2) is 0 Å². The zero-order valence-electron chi connectivity index (χ0n) is 5.26. The monoisotopic (exact) mass is 113 g/mol. The van der Waals surface area contributed by atoms with Crippen molar-refractivity contribution in [2.24, 2.45) is 10.9 Å². The van der Waals surface area contributed by atoms with Crippen LogP contribution < -0.4 is 5.84 Å². The molecule has 2 N–H and O–H groups in total. The van der Waals surface area contributed by atoms with E-state index >= 15 is 0 Å². The Bertz CT molecular complexity index is 106. The number of nitrogens with zero attached hydrogens (tertiary/aromatic N) is 2. The Kier molecular flexibility index (Phi) is 2.69. The second kappa shape index (κ2) is 3.07. The van der Waals surface area contributed by atoms with Gasteiger partial charge in [0, 0.05) is 7.05 Å². The molecule has 3 heteroatoms. The van der Waals surface area contributed by atoms with Crippen molar-refractivity contribution < 1.29 is 0 Å². The predicted molar refractivity (Wildman–Crippen MR) is 35.3 cm³/mol. The molecule has 0 saturated heterocycles. The molecule has 0 aromatic heterocycles. The van der Waals surface area contributed by atoms with Crippen LogP contribution in [0.3, 0.4) is 0 Å². The average Bonchev–Trinajstić information content (AvgIpc) is 1.84. The van der Waals surface area contributed by atoms with Gasteiger partial charge in [-0.1, -0.05) is 6.58 Å². The van der Waals surface area contributed by atoms with Gasteiger partial charge in [-0.2, -0.15) is 5.10 Å². The molecule has 0 fully saturated rings. The summed E-state index contributed by atoms with van der Waals surface area (Å²) in [6.45, 7) is 5.33. The van der Waals surface area contributed by atoms with Crippen LogP contribution in [0.25, 0.3) is 0 Å². The lowest BCUT2D eigenvalue weighted by molar-refractivity contribution is 0.681. The van der Waals surface area contributed by atoms with E-state index in [1.54, 1.807) is 11.1 Å². The third-order valence-corrected chi connectivity index (χ3v) is 0.971. The Labute approximate surface area is 49.5 Å². The molecule has 0 atom stereocenters. The minimum Gasteiger partial charge on any atom is -0.339 e. The lowest BCUT2D eigenvalue weighted by Gasteiger charge is -2.09. The molecular formula is C5H11N3. The molecule has 0 radical (unpaired) electrons. The van der Waals surface area contributed by atoms with Crippen molar-refractivity contribution >= 4 is 5.84 Å².